The van der Waals surface area contributed by atoms with Crippen LogP contribution in [0.15, 0.2) is 12.2 Å². The summed E-state index contributed by atoms with van der Waals surface area (Å²) >= 11 is 0. The van der Waals surface area contributed by atoms with Crippen LogP contribution in [0.5, 0.6) is 0 Å². The average molecular weight is 703 g/mol. The average Bonchev–Trinajstić information content (AvgIpc) is 3.05. The van der Waals surface area contributed by atoms with E-state index >= 15 is 0 Å². The fraction of sp³-hybridized carbons (Fsp3) is 0.897. The highest BCUT2D eigenvalue weighted by atomic mass is 31.2. The Hall–Kier alpha value is -1.21. The van der Waals surface area contributed by atoms with Crippen LogP contribution in [0.1, 0.15) is 206 Å². The highest BCUT2D eigenvalue weighted by molar-refractivity contribution is 7.46. The highest BCUT2D eigenvalue weighted by Gasteiger charge is 2.22. The molecule has 1 atom stereocenters. The Morgan fingerprint density at radius 3 is 1.33 bits per heavy atom. The quantitative estimate of drug-likeness (QED) is 0.0284. The molecule has 0 radical (unpaired) electrons. The first-order valence-corrected chi connectivity index (χ1v) is 21.5. The molecule has 0 fully saturated rings. The smallest absolute Gasteiger partial charge is 0.462 e. The SMILES string of the molecule is CCCC/C=C/CCCCCCCCCCCC(=O)O[C@H](COC(=O)CCCCCCCCCCCCCCCCC)COP(=O)(O)O. The third-order valence-corrected chi connectivity index (χ3v) is 9.27. The molecule has 0 aromatic rings. The Balaban J connectivity index is 3.90. The first-order chi connectivity index (χ1) is 23.3. The summed E-state index contributed by atoms with van der Waals surface area (Å²) in [6, 6.07) is 0. The van der Waals surface area contributed by atoms with Crippen molar-refractivity contribution < 1.29 is 37.9 Å². The molecule has 0 aromatic heterocycles. The van der Waals surface area contributed by atoms with Crippen LogP contribution in [-0.2, 0) is 28.2 Å². The number of hydrogen-bond acceptors (Lipinski definition) is 6. The molecule has 0 bridgehead atoms. The molecule has 9 heteroatoms. The van der Waals surface area contributed by atoms with Crippen LogP contribution < -0.4 is 0 Å². The number of rotatable bonds is 37. The van der Waals surface area contributed by atoms with Crippen molar-refractivity contribution in [2.24, 2.45) is 0 Å². The number of ether oxygens (including phenoxy) is 2. The van der Waals surface area contributed by atoms with Gasteiger partial charge in [-0.2, -0.15) is 0 Å². The van der Waals surface area contributed by atoms with E-state index in [9.17, 15) is 14.2 Å². The van der Waals surface area contributed by atoms with Crippen LogP contribution >= 0.6 is 7.82 Å². The van der Waals surface area contributed by atoms with Crippen LogP contribution in [-0.4, -0.2) is 41.0 Å². The molecule has 0 rings (SSSR count). The van der Waals surface area contributed by atoms with Crippen LogP contribution in [0, 0.1) is 0 Å². The van der Waals surface area contributed by atoms with Gasteiger partial charge in [0.05, 0.1) is 6.61 Å². The lowest BCUT2D eigenvalue weighted by atomic mass is 10.0. The number of allylic oxidation sites excluding steroid dienone is 2. The van der Waals surface area contributed by atoms with Crippen molar-refractivity contribution in [3.8, 4) is 0 Å². The molecule has 8 nitrogen and oxygen atoms in total. The topological polar surface area (TPSA) is 119 Å². The Kier molecular flexibility index (Phi) is 34.7. The number of esters is 2. The maximum absolute atomic E-state index is 12.4. The van der Waals surface area contributed by atoms with Gasteiger partial charge in [-0.3, -0.25) is 14.1 Å². The largest absolute Gasteiger partial charge is 0.469 e. The molecule has 0 aliphatic carbocycles. The van der Waals surface area contributed by atoms with E-state index < -0.39 is 32.5 Å². The minimum absolute atomic E-state index is 0.214. The lowest BCUT2D eigenvalue weighted by molar-refractivity contribution is -0.161. The second kappa shape index (κ2) is 35.6. The number of phosphoric ester groups is 1. The summed E-state index contributed by atoms with van der Waals surface area (Å²) in [5.74, 6) is -0.877. The molecule has 0 amide bonds. The number of carbonyl (C=O) groups is 2. The summed E-state index contributed by atoms with van der Waals surface area (Å²) in [6.07, 6.45) is 37.8. The molecule has 0 aliphatic rings. The summed E-state index contributed by atoms with van der Waals surface area (Å²) in [4.78, 5) is 42.7. The molecule has 0 saturated carbocycles. The van der Waals surface area contributed by atoms with Crippen molar-refractivity contribution in [3.63, 3.8) is 0 Å². The lowest BCUT2D eigenvalue weighted by Crippen LogP contribution is -2.29. The van der Waals surface area contributed by atoms with E-state index in [0.29, 0.717) is 6.42 Å². The van der Waals surface area contributed by atoms with Gasteiger partial charge in [0.2, 0.25) is 0 Å². The van der Waals surface area contributed by atoms with Crippen LogP contribution in [0.4, 0.5) is 0 Å². The maximum Gasteiger partial charge on any atom is 0.469 e. The van der Waals surface area contributed by atoms with Gasteiger partial charge in [-0.25, -0.2) is 4.57 Å². The van der Waals surface area contributed by atoms with E-state index in [0.717, 1.165) is 38.5 Å². The monoisotopic (exact) mass is 703 g/mol. The van der Waals surface area contributed by atoms with Crippen molar-refractivity contribution in [1.29, 1.82) is 0 Å². The van der Waals surface area contributed by atoms with Gasteiger partial charge < -0.3 is 19.3 Å². The molecule has 0 unspecified atom stereocenters. The summed E-state index contributed by atoms with van der Waals surface area (Å²) in [7, 11) is -4.75. The third-order valence-electron chi connectivity index (χ3n) is 8.78. The van der Waals surface area contributed by atoms with Crippen molar-refractivity contribution in [2.45, 2.75) is 213 Å². The van der Waals surface area contributed by atoms with E-state index in [1.165, 1.54) is 135 Å². The number of carbonyl (C=O) groups excluding carboxylic acids is 2. The van der Waals surface area contributed by atoms with Gasteiger partial charge in [0.25, 0.3) is 0 Å². The highest BCUT2D eigenvalue weighted by Crippen LogP contribution is 2.36. The lowest BCUT2D eigenvalue weighted by Gasteiger charge is -2.18. The molecule has 0 saturated heterocycles. The van der Waals surface area contributed by atoms with Crippen LogP contribution in [0.2, 0.25) is 0 Å². The molecule has 0 aliphatic heterocycles. The van der Waals surface area contributed by atoms with Gasteiger partial charge in [0, 0.05) is 12.8 Å². The second-order valence-electron chi connectivity index (χ2n) is 13.6. The van der Waals surface area contributed by atoms with Crippen molar-refractivity contribution in [1.82, 2.24) is 0 Å². The van der Waals surface area contributed by atoms with E-state index in [1.807, 2.05) is 0 Å². The van der Waals surface area contributed by atoms with Gasteiger partial charge in [0.15, 0.2) is 6.10 Å². The zero-order valence-electron chi connectivity index (χ0n) is 31.2. The molecular formula is C39H75O8P. The predicted octanol–water partition coefficient (Wildman–Crippen LogP) is 11.8. The second-order valence-corrected chi connectivity index (χ2v) is 14.9. The maximum atomic E-state index is 12.4. The van der Waals surface area contributed by atoms with Gasteiger partial charge in [-0.05, 0) is 32.1 Å². The van der Waals surface area contributed by atoms with E-state index in [1.54, 1.807) is 0 Å². The van der Waals surface area contributed by atoms with Gasteiger partial charge >= 0.3 is 19.8 Å². The molecular weight excluding hydrogens is 627 g/mol. The number of unbranched alkanes of at least 4 members (excludes halogenated alkanes) is 25. The van der Waals surface area contributed by atoms with Crippen molar-refractivity contribution in [2.75, 3.05) is 13.2 Å². The van der Waals surface area contributed by atoms with E-state index in [2.05, 4.69) is 30.5 Å². The minimum Gasteiger partial charge on any atom is -0.462 e. The first kappa shape index (κ1) is 46.8. The summed E-state index contributed by atoms with van der Waals surface area (Å²) in [5, 5.41) is 0. The van der Waals surface area contributed by atoms with Gasteiger partial charge in [0.1, 0.15) is 6.61 Å². The fourth-order valence-corrected chi connectivity index (χ4v) is 6.13. The molecule has 0 aromatic carbocycles. The molecule has 284 valence electrons. The van der Waals surface area contributed by atoms with E-state index in [4.69, 9.17) is 19.3 Å². The van der Waals surface area contributed by atoms with E-state index in [-0.39, 0.29) is 19.4 Å². The summed E-state index contributed by atoms with van der Waals surface area (Å²) < 4.78 is 26.3. The summed E-state index contributed by atoms with van der Waals surface area (Å²) in [5.41, 5.74) is 0. The Morgan fingerprint density at radius 2 is 0.896 bits per heavy atom. The number of phosphoric acid groups is 1. The Labute approximate surface area is 295 Å². The Bertz CT molecular complexity index is 797. The third kappa shape index (κ3) is 37.6. The summed E-state index contributed by atoms with van der Waals surface area (Å²) in [6.45, 7) is 3.67. The normalized spacial score (nSPS) is 12.5. The zero-order valence-corrected chi connectivity index (χ0v) is 32.0. The molecule has 0 spiro atoms. The Morgan fingerprint density at radius 1 is 0.521 bits per heavy atom. The molecule has 2 N–H and O–H groups in total. The predicted molar refractivity (Wildman–Crippen MR) is 198 cm³/mol. The van der Waals surface area contributed by atoms with Crippen molar-refractivity contribution in [3.05, 3.63) is 12.2 Å². The first-order valence-electron chi connectivity index (χ1n) is 20.0. The standard InChI is InChI=1S/C39H75O8P/c1-3-5-7-9-11-13-15-17-19-21-23-25-27-29-31-33-38(40)45-35-37(36-46-48(42,43)44)47-39(41)34-32-30-28-26-24-22-20-18-16-14-12-10-8-6-4-2/h10,12,37H,3-9,11,13-36H2,1-2H3,(H2,42,43,44)/b12-10+/t37-/m1/s1. The van der Waals surface area contributed by atoms with Crippen LogP contribution in [0.25, 0.3) is 0 Å². The fourth-order valence-electron chi connectivity index (χ4n) is 5.77. The van der Waals surface area contributed by atoms with Gasteiger partial charge in [-0.15, -0.1) is 0 Å². The zero-order chi connectivity index (χ0) is 35.4. The molecule has 48 heavy (non-hydrogen) atoms. The van der Waals surface area contributed by atoms with Crippen molar-refractivity contribution >= 4 is 19.8 Å². The van der Waals surface area contributed by atoms with Gasteiger partial charge in [-0.1, -0.05) is 174 Å². The van der Waals surface area contributed by atoms with Crippen LogP contribution in [0.3, 0.4) is 0 Å². The number of hydrogen-bond donors (Lipinski definition) is 2. The minimum atomic E-state index is -4.75. The molecule has 0 heterocycles.